The minimum atomic E-state index is 0. The fourth-order valence-corrected chi connectivity index (χ4v) is 3.08. The molecule has 1 heterocycles. The number of halogens is 1. The SMILES string of the molecule is CCNC(=NCCN1c2ccccc2CC1C)NC(C)COC.I. The van der Waals surface area contributed by atoms with E-state index in [0.29, 0.717) is 12.6 Å². The van der Waals surface area contributed by atoms with Crippen LogP contribution in [0.2, 0.25) is 0 Å². The van der Waals surface area contributed by atoms with Gasteiger partial charge in [-0.3, -0.25) is 4.99 Å². The molecule has 1 aliphatic heterocycles. The van der Waals surface area contributed by atoms with Gasteiger partial charge in [0.1, 0.15) is 0 Å². The molecule has 0 bridgehead atoms. The number of nitrogens with zero attached hydrogens (tertiary/aromatic N) is 2. The number of benzene rings is 1. The number of hydrogen-bond acceptors (Lipinski definition) is 3. The Balaban J connectivity index is 0.00000288. The smallest absolute Gasteiger partial charge is 0.191 e. The Bertz CT molecular complexity index is 523. The molecule has 2 atom stereocenters. The van der Waals surface area contributed by atoms with Gasteiger partial charge in [-0.15, -0.1) is 24.0 Å². The van der Waals surface area contributed by atoms with Crippen molar-refractivity contribution in [3.8, 4) is 0 Å². The zero-order chi connectivity index (χ0) is 16.7. The number of anilines is 1. The predicted molar refractivity (Wildman–Crippen MR) is 113 cm³/mol. The molecule has 2 unspecified atom stereocenters. The maximum Gasteiger partial charge on any atom is 0.191 e. The molecule has 5 nitrogen and oxygen atoms in total. The fraction of sp³-hybridized carbons (Fsp3) is 0.611. The van der Waals surface area contributed by atoms with Crippen molar-refractivity contribution in [1.29, 1.82) is 0 Å². The highest BCUT2D eigenvalue weighted by Gasteiger charge is 2.24. The third-order valence-electron chi connectivity index (χ3n) is 4.10. The van der Waals surface area contributed by atoms with Crippen molar-refractivity contribution >= 4 is 35.6 Å². The molecule has 136 valence electrons. The van der Waals surface area contributed by atoms with Gasteiger partial charge in [0.15, 0.2) is 5.96 Å². The van der Waals surface area contributed by atoms with Gasteiger partial charge in [0, 0.05) is 38.0 Å². The third-order valence-corrected chi connectivity index (χ3v) is 4.10. The lowest BCUT2D eigenvalue weighted by Crippen LogP contribution is -2.44. The Hall–Kier alpha value is -1.02. The highest BCUT2D eigenvalue weighted by atomic mass is 127. The van der Waals surface area contributed by atoms with Gasteiger partial charge in [-0.05, 0) is 38.8 Å². The Labute approximate surface area is 163 Å². The summed E-state index contributed by atoms with van der Waals surface area (Å²) in [5.74, 6) is 0.859. The van der Waals surface area contributed by atoms with Crippen LogP contribution in [-0.2, 0) is 11.2 Å². The number of hydrogen-bond donors (Lipinski definition) is 2. The van der Waals surface area contributed by atoms with E-state index in [1.807, 2.05) is 0 Å². The topological polar surface area (TPSA) is 48.9 Å². The highest BCUT2D eigenvalue weighted by molar-refractivity contribution is 14.0. The van der Waals surface area contributed by atoms with Crippen LogP contribution in [0.25, 0.3) is 0 Å². The van der Waals surface area contributed by atoms with E-state index in [9.17, 15) is 0 Å². The zero-order valence-corrected chi connectivity index (χ0v) is 17.5. The van der Waals surface area contributed by atoms with Gasteiger partial charge in [0.2, 0.25) is 0 Å². The van der Waals surface area contributed by atoms with Crippen molar-refractivity contribution in [2.24, 2.45) is 4.99 Å². The summed E-state index contributed by atoms with van der Waals surface area (Å²) in [4.78, 5) is 7.16. The molecule has 1 aromatic rings. The molecule has 2 rings (SSSR count). The fourth-order valence-electron chi connectivity index (χ4n) is 3.08. The molecule has 0 amide bonds. The minimum absolute atomic E-state index is 0. The van der Waals surface area contributed by atoms with E-state index < -0.39 is 0 Å². The molecule has 0 aromatic heterocycles. The van der Waals surface area contributed by atoms with Crippen LogP contribution in [-0.4, -0.2) is 51.4 Å². The van der Waals surface area contributed by atoms with E-state index in [1.165, 1.54) is 11.3 Å². The van der Waals surface area contributed by atoms with Crippen molar-refractivity contribution < 1.29 is 4.74 Å². The molecule has 0 saturated heterocycles. The number of rotatable bonds is 7. The summed E-state index contributed by atoms with van der Waals surface area (Å²) in [5, 5.41) is 6.66. The molecule has 0 radical (unpaired) electrons. The quantitative estimate of drug-likeness (QED) is 0.384. The van der Waals surface area contributed by atoms with Crippen molar-refractivity contribution in [1.82, 2.24) is 10.6 Å². The van der Waals surface area contributed by atoms with E-state index in [2.05, 4.69) is 60.6 Å². The Morgan fingerprint density at radius 2 is 2.17 bits per heavy atom. The van der Waals surface area contributed by atoms with Gasteiger partial charge in [-0.25, -0.2) is 0 Å². The Morgan fingerprint density at radius 3 is 2.88 bits per heavy atom. The number of fused-ring (bicyclic) bond motifs is 1. The van der Waals surface area contributed by atoms with Crippen LogP contribution in [0.5, 0.6) is 0 Å². The summed E-state index contributed by atoms with van der Waals surface area (Å²) in [5.41, 5.74) is 2.81. The molecular weight excluding hydrogens is 415 g/mol. The molecule has 6 heteroatoms. The lowest BCUT2D eigenvalue weighted by molar-refractivity contribution is 0.179. The second-order valence-corrected chi connectivity index (χ2v) is 6.14. The molecule has 0 fully saturated rings. The number of aliphatic imine (C=N–C) groups is 1. The van der Waals surface area contributed by atoms with Gasteiger partial charge in [-0.1, -0.05) is 18.2 Å². The average Bonchev–Trinajstić information content (AvgIpc) is 2.83. The van der Waals surface area contributed by atoms with E-state index in [1.54, 1.807) is 7.11 Å². The molecule has 1 aromatic carbocycles. The van der Waals surface area contributed by atoms with E-state index >= 15 is 0 Å². The van der Waals surface area contributed by atoms with Crippen LogP contribution in [0, 0.1) is 0 Å². The van der Waals surface area contributed by atoms with E-state index in [-0.39, 0.29) is 30.0 Å². The number of nitrogens with one attached hydrogen (secondary N) is 2. The summed E-state index contributed by atoms with van der Waals surface area (Å²) in [6.07, 6.45) is 1.13. The molecular formula is C18H31IN4O. The van der Waals surface area contributed by atoms with Gasteiger partial charge < -0.3 is 20.3 Å². The van der Waals surface area contributed by atoms with Crippen LogP contribution < -0.4 is 15.5 Å². The van der Waals surface area contributed by atoms with Crippen LogP contribution >= 0.6 is 24.0 Å². The second kappa shape index (κ2) is 10.8. The van der Waals surface area contributed by atoms with Crippen molar-refractivity contribution in [3.05, 3.63) is 29.8 Å². The van der Waals surface area contributed by atoms with Crippen LogP contribution in [0.3, 0.4) is 0 Å². The van der Waals surface area contributed by atoms with Crippen molar-refractivity contribution in [2.45, 2.75) is 39.3 Å². The minimum Gasteiger partial charge on any atom is -0.383 e. The monoisotopic (exact) mass is 446 g/mol. The first-order valence-corrected chi connectivity index (χ1v) is 8.54. The normalized spacial score (nSPS) is 17.9. The molecule has 1 aliphatic rings. The second-order valence-electron chi connectivity index (χ2n) is 6.14. The molecule has 2 N–H and O–H groups in total. The Kier molecular flexibility index (Phi) is 9.43. The van der Waals surface area contributed by atoms with Gasteiger partial charge >= 0.3 is 0 Å². The van der Waals surface area contributed by atoms with Crippen LogP contribution in [0.1, 0.15) is 26.3 Å². The molecule has 0 spiro atoms. The third kappa shape index (κ3) is 5.81. The summed E-state index contributed by atoms with van der Waals surface area (Å²) in [6.45, 7) is 9.69. The van der Waals surface area contributed by atoms with Gasteiger partial charge in [0.25, 0.3) is 0 Å². The molecule has 0 aliphatic carbocycles. The van der Waals surface area contributed by atoms with E-state index in [0.717, 1.165) is 32.0 Å². The molecule has 0 saturated carbocycles. The highest BCUT2D eigenvalue weighted by Crippen LogP contribution is 2.31. The average molecular weight is 446 g/mol. The first kappa shape index (κ1) is 21.0. The standard InChI is InChI=1S/C18H30N4O.HI/c1-5-19-18(21-14(2)13-23-4)20-10-11-22-15(3)12-16-8-6-7-9-17(16)22;/h6-9,14-15H,5,10-13H2,1-4H3,(H2,19,20,21);1H. The predicted octanol–water partition coefficient (Wildman–Crippen LogP) is 2.65. The van der Waals surface area contributed by atoms with E-state index in [4.69, 9.17) is 9.73 Å². The largest absolute Gasteiger partial charge is 0.383 e. The maximum absolute atomic E-state index is 5.17. The lowest BCUT2D eigenvalue weighted by Gasteiger charge is -2.24. The van der Waals surface area contributed by atoms with Gasteiger partial charge in [-0.2, -0.15) is 0 Å². The summed E-state index contributed by atoms with van der Waals surface area (Å²) >= 11 is 0. The Morgan fingerprint density at radius 1 is 1.42 bits per heavy atom. The zero-order valence-electron chi connectivity index (χ0n) is 15.2. The first-order chi connectivity index (χ1) is 11.2. The summed E-state index contributed by atoms with van der Waals surface area (Å²) in [6, 6.07) is 9.47. The number of para-hydroxylation sites is 1. The number of ether oxygens (including phenoxy) is 1. The number of guanidine groups is 1. The molecule has 24 heavy (non-hydrogen) atoms. The van der Waals surface area contributed by atoms with Gasteiger partial charge in [0.05, 0.1) is 13.2 Å². The van der Waals surface area contributed by atoms with Crippen LogP contribution in [0.15, 0.2) is 29.3 Å². The summed E-state index contributed by atoms with van der Waals surface area (Å²) in [7, 11) is 1.72. The van der Waals surface area contributed by atoms with Crippen LogP contribution in [0.4, 0.5) is 5.69 Å². The maximum atomic E-state index is 5.17. The first-order valence-electron chi connectivity index (χ1n) is 8.54. The summed E-state index contributed by atoms with van der Waals surface area (Å²) < 4.78 is 5.17. The lowest BCUT2D eigenvalue weighted by atomic mass is 10.1. The number of methoxy groups -OCH3 is 1. The van der Waals surface area contributed by atoms with Crippen molar-refractivity contribution in [2.75, 3.05) is 38.3 Å². The van der Waals surface area contributed by atoms with Crippen molar-refractivity contribution in [3.63, 3.8) is 0 Å².